The van der Waals surface area contributed by atoms with E-state index in [-0.39, 0.29) is 31.0 Å². The number of nitrogens with one attached hydrogen (secondary N) is 1. The molecule has 0 aliphatic carbocycles. The lowest BCUT2D eigenvalue weighted by Gasteiger charge is -2.21. The van der Waals surface area contributed by atoms with Gasteiger partial charge in [0.25, 0.3) is 5.91 Å². The fourth-order valence-corrected chi connectivity index (χ4v) is 2.27. The van der Waals surface area contributed by atoms with Gasteiger partial charge < -0.3 is 15.0 Å². The van der Waals surface area contributed by atoms with E-state index in [1.54, 1.807) is 25.1 Å². The maximum atomic E-state index is 12.1. The van der Waals surface area contributed by atoms with E-state index >= 15 is 0 Å². The van der Waals surface area contributed by atoms with E-state index in [9.17, 15) is 9.59 Å². The molecule has 1 N–H and O–H groups in total. The van der Waals surface area contributed by atoms with Crippen LogP contribution in [0.4, 0.5) is 0 Å². The third kappa shape index (κ3) is 6.54. The van der Waals surface area contributed by atoms with E-state index < -0.39 is 0 Å². The molecule has 0 atom stereocenters. The lowest BCUT2D eigenvalue weighted by Crippen LogP contribution is -2.44. The molecule has 1 aromatic rings. The SMILES string of the molecule is CCN(CC(=O)NC(C)C)C(=O)COc1cc(Cl)cc(Cl)c1. The monoisotopic (exact) mass is 346 g/mol. The van der Waals surface area contributed by atoms with Crippen molar-refractivity contribution in [2.24, 2.45) is 0 Å². The number of likely N-dealkylation sites (N-methyl/N-ethyl adjacent to an activating group) is 1. The second kappa shape index (κ2) is 8.86. The Kier molecular flexibility index (Phi) is 7.48. The summed E-state index contributed by atoms with van der Waals surface area (Å²) < 4.78 is 5.38. The van der Waals surface area contributed by atoms with Gasteiger partial charge in [0.1, 0.15) is 5.75 Å². The molecule has 0 spiro atoms. The summed E-state index contributed by atoms with van der Waals surface area (Å²) in [6, 6.07) is 4.75. The first-order valence-corrected chi connectivity index (χ1v) is 7.73. The van der Waals surface area contributed by atoms with Crippen molar-refractivity contribution in [3.63, 3.8) is 0 Å². The normalized spacial score (nSPS) is 10.5. The minimum atomic E-state index is -0.280. The van der Waals surface area contributed by atoms with Crippen LogP contribution in [-0.2, 0) is 9.59 Å². The number of carbonyl (C=O) groups excluding carboxylic acids is 2. The zero-order valence-electron chi connectivity index (χ0n) is 12.9. The molecule has 0 aliphatic rings. The van der Waals surface area contributed by atoms with Gasteiger partial charge in [-0.05, 0) is 39.0 Å². The molecule has 0 aliphatic heterocycles. The summed E-state index contributed by atoms with van der Waals surface area (Å²) in [5.41, 5.74) is 0. The van der Waals surface area contributed by atoms with Crippen molar-refractivity contribution in [2.75, 3.05) is 19.7 Å². The first-order valence-electron chi connectivity index (χ1n) is 6.97. The molecule has 0 saturated heterocycles. The Bertz CT molecular complexity index is 515. The highest BCUT2D eigenvalue weighted by Gasteiger charge is 2.16. The number of rotatable bonds is 7. The first-order chi connectivity index (χ1) is 10.3. The van der Waals surface area contributed by atoms with Crippen LogP contribution in [0, 0.1) is 0 Å². The zero-order valence-corrected chi connectivity index (χ0v) is 14.4. The molecule has 0 radical (unpaired) electrons. The Labute approximate surface area is 140 Å². The van der Waals surface area contributed by atoms with Gasteiger partial charge in [-0.15, -0.1) is 0 Å². The summed E-state index contributed by atoms with van der Waals surface area (Å²) in [7, 11) is 0. The number of hydrogen-bond donors (Lipinski definition) is 1. The average molecular weight is 347 g/mol. The second-order valence-corrected chi connectivity index (χ2v) is 5.90. The Morgan fingerprint density at radius 2 is 1.82 bits per heavy atom. The van der Waals surface area contributed by atoms with Crippen LogP contribution in [0.15, 0.2) is 18.2 Å². The third-order valence-electron chi connectivity index (χ3n) is 2.72. The number of ether oxygens (including phenoxy) is 1. The number of halogens is 2. The van der Waals surface area contributed by atoms with Crippen molar-refractivity contribution in [3.05, 3.63) is 28.2 Å². The lowest BCUT2D eigenvalue weighted by atomic mass is 10.3. The molecular weight excluding hydrogens is 327 g/mol. The molecule has 7 heteroatoms. The summed E-state index contributed by atoms with van der Waals surface area (Å²) in [4.78, 5) is 25.2. The Balaban J connectivity index is 2.56. The van der Waals surface area contributed by atoms with Crippen molar-refractivity contribution in [1.29, 1.82) is 0 Å². The maximum Gasteiger partial charge on any atom is 0.260 e. The molecular formula is C15H20Cl2N2O3. The van der Waals surface area contributed by atoms with E-state index in [2.05, 4.69) is 5.32 Å². The van der Waals surface area contributed by atoms with E-state index in [0.29, 0.717) is 22.3 Å². The largest absolute Gasteiger partial charge is 0.484 e. The Morgan fingerprint density at radius 3 is 2.32 bits per heavy atom. The molecule has 22 heavy (non-hydrogen) atoms. The molecule has 0 saturated carbocycles. The summed E-state index contributed by atoms with van der Waals surface area (Å²) in [5.74, 6) is -0.0676. The van der Waals surface area contributed by atoms with Gasteiger partial charge in [0, 0.05) is 22.6 Å². The fraction of sp³-hybridized carbons (Fsp3) is 0.467. The highest BCUT2D eigenvalue weighted by Crippen LogP contribution is 2.24. The van der Waals surface area contributed by atoms with Crippen molar-refractivity contribution in [3.8, 4) is 5.75 Å². The molecule has 0 unspecified atom stereocenters. The van der Waals surface area contributed by atoms with Crippen LogP contribution in [0.25, 0.3) is 0 Å². The Hall–Kier alpha value is -1.46. The molecule has 0 aromatic heterocycles. The zero-order chi connectivity index (χ0) is 16.7. The summed E-state index contributed by atoms with van der Waals surface area (Å²) >= 11 is 11.7. The molecule has 5 nitrogen and oxygen atoms in total. The van der Waals surface area contributed by atoms with Gasteiger partial charge in [-0.3, -0.25) is 9.59 Å². The van der Waals surface area contributed by atoms with Gasteiger partial charge in [-0.1, -0.05) is 23.2 Å². The molecule has 0 bridgehead atoms. The highest BCUT2D eigenvalue weighted by molar-refractivity contribution is 6.34. The van der Waals surface area contributed by atoms with E-state index in [4.69, 9.17) is 27.9 Å². The standard InChI is InChI=1S/C15H20Cl2N2O3/c1-4-19(8-14(20)18-10(2)3)15(21)9-22-13-6-11(16)5-12(17)7-13/h5-7,10H,4,8-9H2,1-3H3,(H,18,20). The van der Waals surface area contributed by atoms with Gasteiger partial charge in [0.15, 0.2) is 6.61 Å². The minimum absolute atomic E-state index is 0.00712. The summed E-state index contributed by atoms with van der Waals surface area (Å²) in [6.07, 6.45) is 0. The van der Waals surface area contributed by atoms with E-state index in [1.807, 2.05) is 13.8 Å². The van der Waals surface area contributed by atoms with Crippen LogP contribution in [-0.4, -0.2) is 42.5 Å². The first kappa shape index (κ1) is 18.6. The van der Waals surface area contributed by atoms with Gasteiger partial charge in [-0.25, -0.2) is 0 Å². The second-order valence-electron chi connectivity index (χ2n) is 5.02. The third-order valence-corrected chi connectivity index (χ3v) is 3.15. The van der Waals surface area contributed by atoms with Crippen LogP contribution < -0.4 is 10.1 Å². The van der Waals surface area contributed by atoms with Crippen molar-refractivity contribution in [1.82, 2.24) is 10.2 Å². The molecule has 1 rings (SSSR count). The number of nitrogens with zero attached hydrogens (tertiary/aromatic N) is 1. The van der Waals surface area contributed by atoms with E-state index in [0.717, 1.165) is 0 Å². The average Bonchev–Trinajstić information content (AvgIpc) is 2.40. The fourth-order valence-electron chi connectivity index (χ4n) is 1.77. The van der Waals surface area contributed by atoms with Crippen LogP contribution >= 0.6 is 23.2 Å². The van der Waals surface area contributed by atoms with Crippen LogP contribution in [0.3, 0.4) is 0 Å². The van der Waals surface area contributed by atoms with Crippen LogP contribution in [0.2, 0.25) is 10.0 Å². The highest BCUT2D eigenvalue weighted by atomic mass is 35.5. The van der Waals surface area contributed by atoms with Gasteiger partial charge in [0.2, 0.25) is 5.91 Å². The number of amides is 2. The van der Waals surface area contributed by atoms with Crippen LogP contribution in [0.5, 0.6) is 5.75 Å². The number of hydrogen-bond acceptors (Lipinski definition) is 3. The predicted octanol–water partition coefficient (Wildman–Crippen LogP) is 2.75. The molecule has 0 heterocycles. The van der Waals surface area contributed by atoms with Crippen molar-refractivity contribution < 1.29 is 14.3 Å². The topological polar surface area (TPSA) is 58.6 Å². The summed E-state index contributed by atoms with van der Waals surface area (Å²) in [6.45, 7) is 5.78. The molecule has 0 fully saturated rings. The number of benzene rings is 1. The Morgan fingerprint density at radius 1 is 1.23 bits per heavy atom. The van der Waals surface area contributed by atoms with E-state index in [1.165, 1.54) is 4.90 Å². The van der Waals surface area contributed by atoms with Gasteiger partial charge in [0.05, 0.1) is 6.54 Å². The number of carbonyl (C=O) groups is 2. The van der Waals surface area contributed by atoms with Crippen molar-refractivity contribution in [2.45, 2.75) is 26.8 Å². The molecule has 122 valence electrons. The minimum Gasteiger partial charge on any atom is -0.484 e. The molecule has 2 amide bonds. The van der Waals surface area contributed by atoms with Crippen LogP contribution in [0.1, 0.15) is 20.8 Å². The quantitative estimate of drug-likeness (QED) is 0.825. The predicted molar refractivity (Wildman–Crippen MR) is 87.5 cm³/mol. The maximum absolute atomic E-state index is 12.1. The van der Waals surface area contributed by atoms with Gasteiger partial charge in [-0.2, -0.15) is 0 Å². The smallest absolute Gasteiger partial charge is 0.260 e. The van der Waals surface area contributed by atoms with Gasteiger partial charge >= 0.3 is 0 Å². The van der Waals surface area contributed by atoms with Crippen molar-refractivity contribution >= 4 is 35.0 Å². The summed E-state index contributed by atoms with van der Waals surface area (Å²) in [5, 5.41) is 3.60. The molecule has 1 aromatic carbocycles. The lowest BCUT2D eigenvalue weighted by molar-refractivity contribution is -0.137.